The van der Waals surface area contributed by atoms with Gasteiger partial charge in [-0.2, -0.15) is 0 Å². The van der Waals surface area contributed by atoms with Gasteiger partial charge in [0.1, 0.15) is 5.82 Å². The summed E-state index contributed by atoms with van der Waals surface area (Å²) in [4.78, 5) is 15.6. The van der Waals surface area contributed by atoms with Crippen LogP contribution >= 0.6 is 0 Å². The third kappa shape index (κ3) is 3.05. The first-order valence-corrected chi connectivity index (χ1v) is 6.17. The van der Waals surface area contributed by atoms with Crippen molar-refractivity contribution < 1.29 is 13.6 Å². The zero-order chi connectivity index (χ0) is 13.2. The first-order chi connectivity index (χ1) is 8.53. The van der Waals surface area contributed by atoms with Crippen LogP contribution in [0.1, 0.15) is 32.0 Å². The van der Waals surface area contributed by atoms with E-state index >= 15 is 0 Å². The van der Waals surface area contributed by atoms with E-state index in [4.69, 9.17) is 0 Å². The molecule has 4 nitrogen and oxygen atoms in total. The van der Waals surface area contributed by atoms with E-state index in [-0.39, 0.29) is 18.7 Å². The minimum atomic E-state index is -2.63. The fourth-order valence-corrected chi connectivity index (χ4v) is 1.92. The van der Waals surface area contributed by atoms with Crippen molar-refractivity contribution in [3.05, 3.63) is 18.2 Å². The second-order valence-corrected chi connectivity index (χ2v) is 4.68. The van der Waals surface area contributed by atoms with E-state index in [9.17, 15) is 13.6 Å². The topological polar surface area (TPSA) is 46.9 Å². The fourth-order valence-electron chi connectivity index (χ4n) is 1.92. The molecule has 1 aliphatic carbocycles. The largest absolute Gasteiger partial charge is 0.349 e. The summed E-state index contributed by atoms with van der Waals surface area (Å²) in [6.07, 6.45) is 4.24. The highest BCUT2D eigenvalue weighted by Crippen LogP contribution is 2.50. The van der Waals surface area contributed by atoms with Crippen LogP contribution in [0.25, 0.3) is 0 Å². The Hall–Kier alpha value is -1.46. The van der Waals surface area contributed by atoms with Crippen molar-refractivity contribution in [3.63, 3.8) is 0 Å². The Morgan fingerprint density at radius 3 is 3.00 bits per heavy atom. The molecule has 0 aliphatic heterocycles. The number of nitrogens with one attached hydrogen (secondary N) is 1. The van der Waals surface area contributed by atoms with Gasteiger partial charge in [0.15, 0.2) is 0 Å². The Balaban J connectivity index is 1.77. The lowest BCUT2D eigenvalue weighted by Gasteiger charge is -2.07. The molecule has 1 saturated carbocycles. The molecule has 0 bridgehead atoms. The number of aryl methyl sites for hydroxylation is 1. The number of nitrogens with zero attached hydrogens (tertiary/aromatic N) is 2. The Morgan fingerprint density at radius 1 is 1.67 bits per heavy atom. The van der Waals surface area contributed by atoms with Gasteiger partial charge in [0.25, 0.3) is 5.92 Å². The van der Waals surface area contributed by atoms with Gasteiger partial charge in [0.2, 0.25) is 5.91 Å². The standard InChI is InChI=1S/C12H17F2N3O/c1-2-4-17-5-3-15-10(17)8-16-11(18)6-9-7-12(9,13)14/h3,5,9H,2,4,6-8H2,1H3,(H,16,18). The zero-order valence-corrected chi connectivity index (χ0v) is 10.3. The summed E-state index contributed by atoms with van der Waals surface area (Å²) in [5.41, 5.74) is 0. The van der Waals surface area contributed by atoms with Gasteiger partial charge < -0.3 is 9.88 Å². The number of aromatic nitrogens is 2. The number of carbonyl (C=O) groups is 1. The summed E-state index contributed by atoms with van der Waals surface area (Å²) in [5, 5.41) is 2.64. The molecule has 1 unspecified atom stereocenters. The van der Waals surface area contributed by atoms with Crippen LogP contribution in [0.5, 0.6) is 0 Å². The van der Waals surface area contributed by atoms with Gasteiger partial charge in [0, 0.05) is 37.7 Å². The molecule has 2 rings (SSSR count). The smallest absolute Gasteiger partial charge is 0.252 e. The lowest BCUT2D eigenvalue weighted by atomic mass is 10.2. The van der Waals surface area contributed by atoms with Gasteiger partial charge >= 0.3 is 0 Å². The molecule has 0 saturated heterocycles. The molecule has 1 aromatic rings. The van der Waals surface area contributed by atoms with Crippen LogP contribution in [-0.4, -0.2) is 21.4 Å². The van der Waals surface area contributed by atoms with Crippen molar-refractivity contribution >= 4 is 5.91 Å². The quantitative estimate of drug-likeness (QED) is 0.846. The van der Waals surface area contributed by atoms with Gasteiger partial charge in [0.05, 0.1) is 6.54 Å². The molecule has 100 valence electrons. The number of alkyl halides is 2. The molecule has 1 N–H and O–H groups in total. The van der Waals surface area contributed by atoms with Crippen molar-refractivity contribution in [2.24, 2.45) is 5.92 Å². The monoisotopic (exact) mass is 257 g/mol. The van der Waals surface area contributed by atoms with Gasteiger partial charge in [-0.05, 0) is 6.42 Å². The van der Waals surface area contributed by atoms with E-state index in [0.29, 0.717) is 6.54 Å². The molecule has 1 atom stereocenters. The number of carbonyl (C=O) groups excluding carboxylic acids is 1. The number of hydrogen-bond acceptors (Lipinski definition) is 2. The van der Waals surface area contributed by atoms with E-state index < -0.39 is 11.8 Å². The summed E-state index contributed by atoms with van der Waals surface area (Å²) < 4.78 is 27.2. The third-order valence-corrected chi connectivity index (χ3v) is 3.10. The van der Waals surface area contributed by atoms with Crippen molar-refractivity contribution in [3.8, 4) is 0 Å². The fraction of sp³-hybridized carbons (Fsp3) is 0.667. The summed E-state index contributed by atoms with van der Waals surface area (Å²) in [6.45, 7) is 3.19. The predicted molar refractivity (Wildman–Crippen MR) is 62.0 cm³/mol. The molecule has 18 heavy (non-hydrogen) atoms. The molecule has 0 radical (unpaired) electrons. The van der Waals surface area contributed by atoms with Crippen molar-refractivity contribution in [1.82, 2.24) is 14.9 Å². The number of rotatable bonds is 6. The molecule has 6 heteroatoms. The zero-order valence-electron chi connectivity index (χ0n) is 10.3. The number of hydrogen-bond donors (Lipinski definition) is 1. The Morgan fingerprint density at radius 2 is 2.39 bits per heavy atom. The average molecular weight is 257 g/mol. The number of imidazole rings is 1. The second-order valence-electron chi connectivity index (χ2n) is 4.68. The second kappa shape index (κ2) is 5.04. The summed E-state index contributed by atoms with van der Waals surface area (Å²) >= 11 is 0. The molecular weight excluding hydrogens is 240 g/mol. The molecule has 0 aromatic carbocycles. The maximum atomic E-state index is 12.6. The minimum Gasteiger partial charge on any atom is -0.349 e. The SMILES string of the molecule is CCCn1ccnc1CNC(=O)CC1CC1(F)F. The van der Waals surface area contributed by atoms with Crippen LogP contribution in [0.2, 0.25) is 0 Å². The number of halogens is 2. The van der Waals surface area contributed by atoms with Crippen molar-refractivity contribution in [2.45, 2.75) is 45.2 Å². The van der Waals surface area contributed by atoms with E-state index in [0.717, 1.165) is 18.8 Å². The van der Waals surface area contributed by atoms with Gasteiger partial charge in [-0.1, -0.05) is 6.92 Å². The average Bonchev–Trinajstić information content (AvgIpc) is 2.74. The molecule has 1 amide bonds. The number of amides is 1. The lowest BCUT2D eigenvalue weighted by molar-refractivity contribution is -0.122. The van der Waals surface area contributed by atoms with Crippen LogP contribution in [0.15, 0.2) is 12.4 Å². The van der Waals surface area contributed by atoms with Crippen LogP contribution in [0.3, 0.4) is 0 Å². The normalized spacial score (nSPS) is 20.7. The first kappa shape index (κ1) is 13.0. The molecule has 1 heterocycles. The predicted octanol–water partition coefficient (Wildman–Crippen LogP) is 1.95. The van der Waals surface area contributed by atoms with Gasteiger partial charge in [-0.15, -0.1) is 0 Å². The van der Waals surface area contributed by atoms with Gasteiger partial charge in [-0.3, -0.25) is 4.79 Å². The molecule has 1 fully saturated rings. The van der Waals surface area contributed by atoms with Crippen molar-refractivity contribution in [2.75, 3.05) is 0 Å². The van der Waals surface area contributed by atoms with Crippen LogP contribution < -0.4 is 5.32 Å². The highest BCUT2D eigenvalue weighted by molar-refractivity contribution is 5.76. The van der Waals surface area contributed by atoms with E-state index in [2.05, 4.69) is 17.2 Å². The lowest BCUT2D eigenvalue weighted by Crippen LogP contribution is -2.25. The molecular formula is C12H17F2N3O. The van der Waals surface area contributed by atoms with Crippen LogP contribution in [0, 0.1) is 5.92 Å². The minimum absolute atomic E-state index is 0.0957. The molecule has 1 aliphatic rings. The Bertz CT molecular complexity index is 431. The third-order valence-electron chi connectivity index (χ3n) is 3.10. The summed E-state index contributed by atoms with van der Waals surface area (Å²) in [7, 11) is 0. The summed E-state index contributed by atoms with van der Waals surface area (Å²) in [5.74, 6) is -2.97. The van der Waals surface area contributed by atoms with Crippen molar-refractivity contribution in [1.29, 1.82) is 0 Å². The molecule has 0 spiro atoms. The highest BCUT2D eigenvalue weighted by atomic mass is 19.3. The Labute approximate surface area is 104 Å². The van der Waals surface area contributed by atoms with E-state index in [1.54, 1.807) is 6.20 Å². The van der Waals surface area contributed by atoms with E-state index in [1.807, 2.05) is 10.8 Å². The maximum absolute atomic E-state index is 12.6. The van der Waals surface area contributed by atoms with Crippen LogP contribution in [-0.2, 0) is 17.9 Å². The molecule has 1 aromatic heterocycles. The highest BCUT2D eigenvalue weighted by Gasteiger charge is 2.57. The summed E-state index contributed by atoms with van der Waals surface area (Å²) in [6, 6.07) is 0. The first-order valence-electron chi connectivity index (χ1n) is 6.17. The maximum Gasteiger partial charge on any atom is 0.252 e. The van der Waals surface area contributed by atoms with Crippen LogP contribution in [0.4, 0.5) is 8.78 Å². The van der Waals surface area contributed by atoms with E-state index in [1.165, 1.54) is 0 Å². The van der Waals surface area contributed by atoms with Gasteiger partial charge in [-0.25, -0.2) is 13.8 Å². The Kier molecular flexibility index (Phi) is 3.63.